The Labute approximate surface area is 128 Å². The Morgan fingerprint density at radius 1 is 1.48 bits per heavy atom. The largest absolute Gasteiger partial charge is 0.494 e. The van der Waals surface area contributed by atoms with E-state index in [4.69, 9.17) is 9.72 Å². The van der Waals surface area contributed by atoms with Crippen LogP contribution in [0.25, 0.3) is 10.6 Å². The minimum absolute atomic E-state index is 0.268. The second kappa shape index (κ2) is 6.12. The molecule has 0 aliphatic heterocycles. The summed E-state index contributed by atoms with van der Waals surface area (Å²) in [6.07, 6.45) is 3.36. The molecule has 1 atom stereocenters. The predicted octanol–water partition coefficient (Wildman–Crippen LogP) is 3.94. The molecule has 1 N–H and O–H groups in total. The van der Waals surface area contributed by atoms with Crippen molar-refractivity contribution in [1.82, 2.24) is 10.3 Å². The van der Waals surface area contributed by atoms with Crippen LogP contribution in [-0.4, -0.2) is 18.6 Å². The van der Waals surface area contributed by atoms with Crippen LogP contribution >= 0.6 is 11.3 Å². The minimum Gasteiger partial charge on any atom is -0.494 e. The molecule has 0 amide bonds. The van der Waals surface area contributed by atoms with Gasteiger partial charge in [0.05, 0.1) is 12.8 Å². The van der Waals surface area contributed by atoms with Crippen LogP contribution in [-0.2, 0) is 6.42 Å². The van der Waals surface area contributed by atoms with E-state index in [-0.39, 0.29) is 11.6 Å². The number of halogens is 1. The Morgan fingerprint density at radius 2 is 2.33 bits per heavy atom. The fraction of sp³-hybridized carbons (Fsp3) is 0.438. The number of aryl methyl sites for hydroxylation is 1. The molecule has 1 aromatic heterocycles. The van der Waals surface area contributed by atoms with Gasteiger partial charge in [-0.1, -0.05) is 6.92 Å². The first kappa shape index (κ1) is 14.5. The van der Waals surface area contributed by atoms with Gasteiger partial charge in [-0.05, 0) is 44.0 Å². The number of nitrogens with zero attached hydrogens (tertiary/aromatic N) is 1. The molecule has 1 aliphatic rings. The van der Waals surface area contributed by atoms with Crippen LogP contribution in [0.5, 0.6) is 5.75 Å². The summed E-state index contributed by atoms with van der Waals surface area (Å²) in [5.41, 5.74) is 2.11. The molecule has 1 aromatic carbocycles. The number of rotatable bonds is 4. The van der Waals surface area contributed by atoms with Crippen molar-refractivity contribution < 1.29 is 9.13 Å². The molecule has 21 heavy (non-hydrogen) atoms. The lowest BCUT2D eigenvalue weighted by Gasteiger charge is -2.21. The van der Waals surface area contributed by atoms with Crippen molar-refractivity contribution >= 4 is 11.3 Å². The number of hydrogen-bond acceptors (Lipinski definition) is 4. The predicted molar refractivity (Wildman–Crippen MR) is 83.4 cm³/mol. The van der Waals surface area contributed by atoms with Gasteiger partial charge in [0, 0.05) is 16.5 Å². The van der Waals surface area contributed by atoms with E-state index in [1.807, 2.05) is 0 Å². The van der Waals surface area contributed by atoms with Crippen LogP contribution in [0.1, 0.15) is 36.4 Å². The van der Waals surface area contributed by atoms with Gasteiger partial charge < -0.3 is 10.1 Å². The molecule has 1 heterocycles. The molecule has 0 saturated heterocycles. The average Bonchev–Trinajstić information content (AvgIpc) is 2.93. The molecule has 1 unspecified atom stereocenters. The van der Waals surface area contributed by atoms with Crippen molar-refractivity contribution in [2.45, 2.75) is 32.2 Å². The minimum atomic E-state index is -0.340. The van der Waals surface area contributed by atoms with E-state index in [1.165, 1.54) is 30.2 Å². The zero-order chi connectivity index (χ0) is 14.8. The SMILES string of the molecule is CCNC1CCCc2nc(-c3ccc(F)c(OC)c3)sc21. The van der Waals surface area contributed by atoms with Crippen LogP contribution in [0.3, 0.4) is 0 Å². The number of thiazole rings is 1. The third-order valence-corrected chi connectivity index (χ3v) is 5.06. The van der Waals surface area contributed by atoms with E-state index in [0.29, 0.717) is 6.04 Å². The third kappa shape index (κ3) is 2.80. The lowest BCUT2D eigenvalue weighted by Crippen LogP contribution is -2.23. The number of nitrogens with one attached hydrogen (secondary N) is 1. The van der Waals surface area contributed by atoms with Crippen molar-refractivity contribution in [2.75, 3.05) is 13.7 Å². The summed E-state index contributed by atoms with van der Waals surface area (Å²) < 4.78 is 18.6. The van der Waals surface area contributed by atoms with E-state index >= 15 is 0 Å². The zero-order valence-corrected chi connectivity index (χ0v) is 13.1. The van der Waals surface area contributed by atoms with Crippen molar-refractivity contribution in [3.05, 3.63) is 34.6 Å². The highest BCUT2D eigenvalue weighted by Gasteiger charge is 2.24. The Bertz CT molecular complexity index is 641. The normalized spacial score (nSPS) is 17.6. The number of fused-ring (bicyclic) bond motifs is 1. The maximum absolute atomic E-state index is 13.5. The molecule has 0 saturated carbocycles. The highest BCUT2D eigenvalue weighted by molar-refractivity contribution is 7.15. The summed E-state index contributed by atoms with van der Waals surface area (Å²) in [5, 5.41) is 4.47. The Hall–Kier alpha value is -1.46. The number of hydrogen-bond donors (Lipinski definition) is 1. The van der Waals surface area contributed by atoms with E-state index in [2.05, 4.69) is 12.2 Å². The van der Waals surface area contributed by atoms with Crippen LogP contribution in [0.15, 0.2) is 18.2 Å². The second-order valence-corrected chi connectivity index (χ2v) is 6.21. The Balaban J connectivity index is 1.97. The number of benzene rings is 1. The monoisotopic (exact) mass is 306 g/mol. The maximum atomic E-state index is 13.5. The quantitative estimate of drug-likeness (QED) is 0.929. The van der Waals surface area contributed by atoms with Crippen LogP contribution in [0, 0.1) is 5.82 Å². The van der Waals surface area contributed by atoms with E-state index in [9.17, 15) is 4.39 Å². The topological polar surface area (TPSA) is 34.2 Å². The molecular weight excluding hydrogens is 287 g/mol. The summed E-state index contributed by atoms with van der Waals surface area (Å²) in [6, 6.07) is 5.34. The molecule has 0 spiro atoms. The number of ether oxygens (including phenoxy) is 1. The molecule has 2 aromatic rings. The number of aromatic nitrogens is 1. The molecule has 0 fully saturated rings. The van der Waals surface area contributed by atoms with E-state index in [0.717, 1.165) is 30.0 Å². The Morgan fingerprint density at radius 3 is 3.10 bits per heavy atom. The van der Waals surface area contributed by atoms with Gasteiger partial charge >= 0.3 is 0 Å². The maximum Gasteiger partial charge on any atom is 0.165 e. The summed E-state index contributed by atoms with van der Waals surface area (Å²) in [5.74, 6) is -0.0722. The van der Waals surface area contributed by atoms with Gasteiger partial charge in [0.1, 0.15) is 5.01 Å². The Kier molecular flexibility index (Phi) is 4.22. The first-order valence-corrected chi connectivity index (χ1v) is 8.11. The van der Waals surface area contributed by atoms with Gasteiger partial charge in [0.15, 0.2) is 11.6 Å². The van der Waals surface area contributed by atoms with Gasteiger partial charge in [-0.25, -0.2) is 9.37 Å². The van der Waals surface area contributed by atoms with Crippen molar-refractivity contribution in [3.63, 3.8) is 0 Å². The third-order valence-electron chi connectivity index (χ3n) is 3.80. The van der Waals surface area contributed by atoms with Crippen LogP contribution in [0.2, 0.25) is 0 Å². The van der Waals surface area contributed by atoms with Gasteiger partial charge in [-0.3, -0.25) is 0 Å². The standard InChI is InChI=1S/C16H19FN2OS/c1-3-18-12-5-4-6-13-15(12)21-16(19-13)10-7-8-11(17)14(9-10)20-2/h7-9,12,18H,3-6H2,1-2H3. The fourth-order valence-corrected chi connectivity index (χ4v) is 4.00. The zero-order valence-electron chi connectivity index (χ0n) is 12.3. The number of methoxy groups -OCH3 is 1. The van der Waals surface area contributed by atoms with Crippen molar-refractivity contribution in [1.29, 1.82) is 0 Å². The fourth-order valence-electron chi connectivity index (χ4n) is 2.78. The average molecular weight is 306 g/mol. The van der Waals surface area contributed by atoms with Crippen molar-refractivity contribution in [2.24, 2.45) is 0 Å². The molecule has 0 radical (unpaired) electrons. The van der Waals surface area contributed by atoms with Gasteiger partial charge in [0.25, 0.3) is 0 Å². The smallest absolute Gasteiger partial charge is 0.165 e. The van der Waals surface area contributed by atoms with Gasteiger partial charge in [0.2, 0.25) is 0 Å². The van der Waals surface area contributed by atoms with E-state index < -0.39 is 0 Å². The molecule has 0 bridgehead atoms. The lowest BCUT2D eigenvalue weighted by atomic mass is 9.98. The summed E-state index contributed by atoms with van der Waals surface area (Å²) in [6.45, 7) is 3.09. The molecular formula is C16H19FN2OS. The summed E-state index contributed by atoms with van der Waals surface area (Å²) in [4.78, 5) is 6.09. The molecule has 112 valence electrons. The van der Waals surface area contributed by atoms with Crippen molar-refractivity contribution in [3.8, 4) is 16.3 Å². The summed E-state index contributed by atoms with van der Waals surface area (Å²) >= 11 is 1.71. The molecule has 5 heteroatoms. The molecule has 3 rings (SSSR count). The first-order chi connectivity index (χ1) is 10.2. The van der Waals surface area contributed by atoms with Crippen LogP contribution in [0.4, 0.5) is 4.39 Å². The highest BCUT2D eigenvalue weighted by Crippen LogP contribution is 2.38. The highest BCUT2D eigenvalue weighted by atomic mass is 32.1. The lowest BCUT2D eigenvalue weighted by molar-refractivity contribution is 0.387. The second-order valence-electron chi connectivity index (χ2n) is 5.18. The van der Waals surface area contributed by atoms with Crippen LogP contribution < -0.4 is 10.1 Å². The molecule has 3 nitrogen and oxygen atoms in total. The van der Waals surface area contributed by atoms with Gasteiger partial charge in [-0.2, -0.15) is 0 Å². The summed E-state index contributed by atoms with van der Waals surface area (Å²) in [7, 11) is 1.48. The first-order valence-electron chi connectivity index (χ1n) is 7.29. The molecule has 1 aliphatic carbocycles. The van der Waals surface area contributed by atoms with E-state index in [1.54, 1.807) is 23.5 Å². The van der Waals surface area contributed by atoms with Gasteiger partial charge in [-0.15, -0.1) is 11.3 Å².